The lowest BCUT2D eigenvalue weighted by atomic mass is 9.96. The monoisotopic (exact) mass is 1090 g/mol. The first kappa shape index (κ1) is 52.3. The van der Waals surface area contributed by atoms with E-state index < -0.39 is 35.2 Å². The summed E-state index contributed by atoms with van der Waals surface area (Å²) < 4.78 is 133. The summed E-state index contributed by atoms with van der Waals surface area (Å²) in [6.45, 7) is 8.87. The highest BCUT2D eigenvalue weighted by Crippen LogP contribution is 2.47. The fourth-order valence-corrected chi connectivity index (χ4v) is 11.7. The maximum absolute atomic E-state index is 15.0. The van der Waals surface area contributed by atoms with Crippen molar-refractivity contribution in [2.45, 2.75) is 53.1 Å². The van der Waals surface area contributed by atoms with Gasteiger partial charge in [-0.25, -0.2) is 0 Å². The van der Waals surface area contributed by atoms with Gasteiger partial charge in [0, 0.05) is 32.7 Å². The van der Waals surface area contributed by atoms with Crippen LogP contribution in [0.4, 0.5) is 39.5 Å². The van der Waals surface area contributed by atoms with Gasteiger partial charge < -0.3 is 9.13 Å². The quantitative estimate of drug-likeness (QED) is 0.149. The van der Waals surface area contributed by atoms with Crippen LogP contribution in [-0.4, -0.2) is 14.1 Å². The summed E-state index contributed by atoms with van der Waals surface area (Å²) in [5.74, 6) is 0. The summed E-state index contributed by atoms with van der Waals surface area (Å²) >= 11 is 0. The Morgan fingerprint density at radius 1 is 0.383 bits per heavy atom. The summed E-state index contributed by atoms with van der Waals surface area (Å²) in [5, 5.41) is 13.9. The number of hydrogen-bond donors (Lipinski definition) is 0. The van der Waals surface area contributed by atoms with Crippen LogP contribution < -0.4 is 0 Å². The Morgan fingerprint density at radius 3 is 1.16 bits per heavy atom. The molecular weight excluding hydrogens is 1040 g/mol. The standard InChI is InChI=1S/C68H45F9N4/c1-37-10-18-49(39(3)26-37)42-12-20-56-57-23-15-45(52-19-11-38(2)27-58(52)68(75,76)77)33-62(57)81(59(56)30-42)64-36-79-35-63(65(64)53-9-7-6-8-46(53)34-78)80-60-31-43(50-24-16-47(28-40(50)4)66(69,70)71)13-21-54(60)55-22-14-44(32-61(55)80)51-25-17-48(29-41(51)5)67(72,73)74/h6-33,35-36H,1-5H3. The number of hydrogen-bond acceptors (Lipinski definition) is 2. The van der Waals surface area contributed by atoms with Crippen LogP contribution in [0.15, 0.2) is 182 Å². The Bertz CT molecular complexity index is 4500. The molecule has 4 nitrogen and oxygen atoms in total. The highest BCUT2D eigenvalue weighted by molar-refractivity contribution is 6.14. The van der Waals surface area contributed by atoms with E-state index in [1.807, 2.05) is 102 Å². The first-order chi connectivity index (χ1) is 38.6. The van der Waals surface area contributed by atoms with Crippen molar-refractivity contribution in [2.24, 2.45) is 0 Å². The van der Waals surface area contributed by atoms with E-state index in [0.29, 0.717) is 89.1 Å². The first-order valence-corrected chi connectivity index (χ1v) is 25.8. The Labute approximate surface area is 459 Å². The second-order valence-corrected chi connectivity index (χ2v) is 20.7. The van der Waals surface area contributed by atoms with E-state index >= 15 is 0 Å². The van der Waals surface area contributed by atoms with Crippen molar-refractivity contribution in [3.05, 3.63) is 232 Å². The van der Waals surface area contributed by atoms with Crippen molar-refractivity contribution in [3.8, 4) is 73.1 Å². The van der Waals surface area contributed by atoms with Gasteiger partial charge in [0.05, 0.1) is 74.2 Å². The van der Waals surface area contributed by atoms with Gasteiger partial charge in [0.1, 0.15) is 0 Å². The number of nitrogens with zero attached hydrogens (tertiary/aromatic N) is 4. The number of alkyl halides is 9. The molecule has 0 bridgehead atoms. The summed E-state index contributed by atoms with van der Waals surface area (Å²) in [6, 6.07) is 49.5. The van der Waals surface area contributed by atoms with Gasteiger partial charge in [-0.05, 0) is 156 Å². The number of benzene rings is 9. The van der Waals surface area contributed by atoms with Crippen LogP contribution in [0.25, 0.3) is 111 Å². The molecule has 3 aromatic heterocycles. The van der Waals surface area contributed by atoms with Gasteiger partial charge in [-0.1, -0.05) is 120 Å². The van der Waals surface area contributed by atoms with E-state index in [1.54, 1.807) is 69.6 Å². The molecule has 0 amide bonds. The van der Waals surface area contributed by atoms with Gasteiger partial charge in [-0.15, -0.1) is 0 Å². The van der Waals surface area contributed by atoms with Gasteiger partial charge in [0.2, 0.25) is 0 Å². The lowest BCUT2D eigenvalue weighted by Crippen LogP contribution is -2.08. The van der Waals surface area contributed by atoms with Gasteiger partial charge >= 0.3 is 18.5 Å². The zero-order valence-electron chi connectivity index (χ0n) is 44.0. The van der Waals surface area contributed by atoms with Crippen molar-refractivity contribution in [1.82, 2.24) is 14.1 Å². The van der Waals surface area contributed by atoms with E-state index in [2.05, 4.69) is 12.1 Å². The SMILES string of the molecule is Cc1ccc(-c2ccc3c4ccc(-c5ccc(C)cc5C(F)(F)F)cc4n(-c4cncc(-n5c6cc(-c7ccc(C(F)(F)F)cc7C)ccc6c6ccc(-c7ccc(C(F)(F)F)cc7C)cc65)c4-c4ccccc4C#N)c3c2)c(C)c1. The molecule has 0 aliphatic rings. The maximum atomic E-state index is 15.0. The number of aryl methyl sites for hydroxylation is 5. The molecule has 12 rings (SSSR count). The molecule has 400 valence electrons. The molecule has 0 aliphatic heterocycles. The smallest absolute Gasteiger partial charge is 0.307 e. The molecule has 0 radical (unpaired) electrons. The number of halogens is 9. The third-order valence-corrected chi connectivity index (χ3v) is 15.5. The van der Waals surface area contributed by atoms with Gasteiger partial charge in [0.25, 0.3) is 0 Å². The van der Waals surface area contributed by atoms with Crippen LogP contribution in [0.2, 0.25) is 0 Å². The minimum absolute atomic E-state index is 0.0202. The first-order valence-electron chi connectivity index (χ1n) is 25.8. The molecule has 9 aromatic carbocycles. The molecule has 0 saturated carbocycles. The lowest BCUT2D eigenvalue weighted by Gasteiger charge is -2.21. The molecule has 0 fully saturated rings. The van der Waals surface area contributed by atoms with Crippen molar-refractivity contribution in [2.75, 3.05) is 0 Å². The fourth-order valence-electron chi connectivity index (χ4n) is 11.7. The number of aromatic nitrogens is 3. The average molecular weight is 1090 g/mol. The van der Waals surface area contributed by atoms with Gasteiger partial charge in [0.15, 0.2) is 0 Å². The van der Waals surface area contributed by atoms with Crippen LogP contribution in [0.3, 0.4) is 0 Å². The zero-order valence-corrected chi connectivity index (χ0v) is 44.0. The summed E-state index contributed by atoms with van der Waals surface area (Å²) in [4.78, 5) is 4.97. The van der Waals surface area contributed by atoms with Crippen molar-refractivity contribution < 1.29 is 39.5 Å². The Kier molecular flexibility index (Phi) is 12.4. The molecule has 0 spiro atoms. The lowest BCUT2D eigenvalue weighted by molar-refractivity contribution is -0.138. The average Bonchev–Trinajstić information content (AvgIpc) is 3.98. The normalized spacial score (nSPS) is 12.3. The Morgan fingerprint density at radius 2 is 0.765 bits per heavy atom. The van der Waals surface area contributed by atoms with Crippen molar-refractivity contribution in [3.63, 3.8) is 0 Å². The summed E-state index contributed by atoms with van der Waals surface area (Å²) in [7, 11) is 0. The van der Waals surface area contributed by atoms with E-state index in [0.717, 1.165) is 74.1 Å². The van der Waals surface area contributed by atoms with Gasteiger partial charge in [-0.2, -0.15) is 44.8 Å². The molecule has 0 atom stereocenters. The minimum Gasteiger partial charge on any atom is -0.307 e. The second-order valence-electron chi connectivity index (χ2n) is 20.7. The number of nitriles is 1. The Balaban J connectivity index is 1.22. The topological polar surface area (TPSA) is 46.5 Å². The third kappa shape index (κ3) is 9.05. The summed E-state index contributed by atoms with van der Waals surface area (Å²) in [6.07, 6.45) is -10.5. The molecule has 0 saturated heterocycles. The second kappa shape index (κ2) is 19.2. The van der Waals surface area contributed by atoms with E-state index in [1.165, 1.54) is 18.2 Å². The van der Waals surface area contributed by atoms with Crippen molar-refractivity contribution >= 4 is 43.6 Å². The van der Waals surface area contributed by atoms with Crippen LogP contribution in [0.1, 0.15) is 50.1 Å². The largest absolute Gasteiger partial charge is 0.417 e. The molecule has 13 heteroatoms. The molecule has 0 aliphatic carbocycles. The highest BCUT2D eigenvalue weighted by atomic mass is 19.4. The van der Waals surface area contributed by atoms with Crippen molar-refractivity contribution in [1.29, 1.82) is 5.26 Å². The number of rotatable bonds is 7. The predicted octanol–water partition coefficient (Wildman–Crippen LogP) is 20.1. The molecule has 3 heterocycles. The number of fused-ring (bicyclic) bond motifs is 6. The molecular formula is C68H45F9N4. The zero-order chi connectivity index (χ0) is 57.0. The minimum atomic E-state index is -4.69. The van der Waals surface area contributed by atoms with Crippen LogP contribution >= 0.6 is 0 Å². The van der Waals surface area contributed by atoms with Crippen LogP contribution in [0.5, 0.6) is 0 Å². The van der Waals surface area contributed by atoms with E-state index in [4.69, 9.17) is 4.98 Å². The molecule has 81 heavy (non-hydrogen) atoms. The fraction of sp³-hybridized carbons (Fsp3) is 0.118. The molecule has 0 N–H and O–H groups in total. The maximum Gasteiger partial charge on any atom is 0.417 e. The molecule has 0 unspecified atom stereocenters. The van der Waals surface area contributed by atoms with Gasteiger partial charge in [-0.3, -0.25) is 4.98 Å². The molecule has 12 aromatic rings. The van der Waals surface area contributed by atoms with E-state index in [-0.39, 0.29) is 11.1 Å². The predicted molar refractivity (Wildman–Crippen MR) is 304 cm³/mol. The highest BCUT2D eigenvalue weighted by Gasteiger charge is 2.35. The Hall–Kier alpha value is -9.41. The van der Waals surface area contributed by atoms with E-state index in [9.17, 15) is 44.8 Å². The number of pyridine rings is 1. The summed E-state index contributed by atoms with van der Waals surface area (Å²) in [5.41, 5.74) is 9.74. The third-order valence-electron chi connectivity index (χ3n) is 15.5. The van der Waals surface area contributed by atoms with Crippen LogP contribution in [0, 0.1) is 45.9 Å². The van der Waals surface area contributed by atoms with Crippen LogP contribution in [-0.2, 0) is 18.5 Å².